The predicted octanol–water partition coefficient (Wildman–Crippen LogP) is 5.06. The summed E-state index contributed by atoms with van der Waals surface area (Å²) < 4.78 is 12.8. The van der Waals surface area contributed by atoms with Gasteiger partial charge in [0.1, 0.15) is 17.1 Å². The molecule has 1 aliphatic rings. The second kappa shape index (κ2) is 12.1. The van der Waals surface area contributed by atoms with E-state index in [-0.39, 0.29) is 11.3 Å². The highest BCUT2D eigenvalue weighted by Gasteiger charge is 2.46. The molecule has 0 bridgehead atoms. The molecule has 1 saturated heterocycles. The molecule has 4 rings (SSSR count). The number of unbranched alkanes of at least 4 members (excludes halogenated alkanes) is 3. The van der Waals surface area contributed by atoms with Gasteiger partial charge in [-0.25, -0.2) is 4.98 Å². The van der Waals surface area contributed by atoms with E-state index in [1.54, 1.807) is 24.6 Å². The van der Waals surface area contributed by atoms with E-state index in [9.17, 15) is 14.7 Å². The van der Waals surface area contributed by atoms with E-state index >= 15 is 0 Å². The number of nitrogens with zero attached hydrogens (tertiary/aromatic N) is 3. The normalized spacial score (nSPS) is 17.2. The molecule has 8 nitrogen and oxygen atoms in total. The minimum Gasteiger partial charge on any atom is -0.505 e. The average Bonchev–Trinajstić information content (AvgIpc) is 3.37. The first kappa shape index (κ1) is 26.4. The highest BCUT2D eigenvalue weighted by atomic mass is 16.5. The van der Waals surface area contributed by atoms with Crippen LogP contribution in [0.1, 0.15) is 62.0 Å². The Bertz CT molecular complexity index is 1280. The third-order valence-electron chi connectivity index (χ3n) is 6.68. The molecular formula is C29H35N3O5. The number of carbonyl (C=O) groups excluding carboxylic acids is 2. The monoisotopic (exact) mass is 505 g/mol. The number of imidazole rings is 1. The lowest BCUT2D eigenvalue weighted by molar-refractivity contribution is -0.140. The quantitative estimate of drug-likeness (QED) is 0.160. The van der Waals surface area contributed by atoms with Crippen LogP contribution in [-0.4, -0.2) is 57.9 Å². The van der Waals surface area contributed by atoms with Crippen molar-refractivity contribution in [1.29, 1.82) is 0 Å². The lowest BCUT2D eigenvalue weighted by Crippen LogP contribution is -2.31. The number of methoxy groups -OCH3 is 1. The van der Waals surface area contributed by atoms with Gasteiger partial charge in [-0.1, -0.05) is 44.4 Å². The molecule has 0 saturated carbocycles. The number of Topliss-reactive ketones (excluding diaryl/α,β-unsaturated/α-hetero) is 1. The van der Waals surface area contributed by atoms with Crippen LogP contribution in [0.5, 0.6) is 5.75 Å². The average molecular weight is 506 g/mol. The lowest BCUT2D eigenvalue weighted by Gasteiger charge is -2.25. The molecular weight excluding hydrogens is 470 g/mol. The highest BCUT2D eigenvalue weighted by Crippen LogP contribution is 2.40. The number of hydrogen-bond acceptors (Lipinski definition) is 6. The van der Waals surface area contributed by atoms with Crippen LogP contribution in [0.2, 0.25) is 0 Å². The maximum absolute atomic E-state index is 13.3. The van der Waals surface area contributed by atoms with E-state index < -0.39 is 17.7 Å². The predicted molar refractivity (Wildman–Crippen MR) is 142 cm³/mol. The summed E-state index contributed by atoms with van der Waals surface area (Å²) in [6.07, 6.45) is 6.83. The van der Waals surface area contributed by atoms with Crippen molar-refractivity contribution in [3.05, 3.63) is 71.2 Å². The van der Waals surface area contributed by atoms with Gasteiger partial charge < -0.3 is 19.5 Å². The number of likely N-dealkylation sites (tertiary alicyclic amines) is 1. The SMILES string of the molecule is CCCCCCOc1ccc(C2C(=C(O)c3c(C)nc4ccccn34)C(=O)C(=O)N2CCCOC)cc1. The van der Waals surface area contributed by atoms with E-state index in [4.69, 9.17) is 9.47 Å². The first-order chi connectivity index (χ1) is 18.0. The zero-order valence-corrected chi connectivity index (χ0v) is 21.8. The molecule has 1 fully saturated rings. The molecule has 0 spiro atoms. The van der Waals surface area contributed by atoms with Crippen molar-refractivity contribution in [3.63, 3.8) is 0 Å². The van der Waals surface area contributed by atoms with E-state index in [0.29, 0.717) is 43.2 Å². The summed E-state index contributed by atoms with van der Waals surface area (Å²) in [4.78, 5) is 32.5. The van der Waals surface area contributed by atoms with Gasteiger partial charge in [0.25, 0.3) is 11.7 Å². The first-order valence-corrected chi connectivity index (χ1v) is 12.9. The van der Waals surface area contributed by atoms with E-state index in [0.717, 1.165) is 24.2 Å². The highest BCUT2D eigenvalue weighted by molar-refractivity contribution is 6.46. The number of benzene rings is 1. The number of aliphatic hydroxyl groups excluding tert-OH is 1. The van der Waals surface area contributed by atoms with Crippen molar-refractivity contribution in [2.24, 2.45) is 0 Å². The Labute approximate surface area is 217 Å². The minimum absolute atomic E-state index is 0.0596. The van der Waals surface area contributed by atoms with Crippen molar-refractivity contribution in [2.45, 2.75) is 52.0 Å². The second-order valence-corrected chi connectivity index (χ2v) is 9.29. The zero-order chi connectivity index (χ0) is 26.4. The molecule has 0 aliphatic carbocycles. The molecule has 196 valence electrons. The van der Waals surface area contributed by atoms with Crippen LogP contribution in [-0.2, 0) is 14.3 Å². The fraction of sp³-hybridized carbons (Fsp3) is 0.414. The molecule has 8 heteroatoms. The van der Waals surface area contributed by atoms with Gasteiger partial charge in [-0.15, -0.1) is 0 Å². The molecule has 1 amide bonds. The van der Waals surface area contributed by atoms with Crippen LogP contribution >= 0.6 is 0 Å². The van der Waals surface area contributed by atoms with Gasteiger partial charge in [-0.05, 0) is 49.6 Å². The van der Waals surface area contributed by atoms with Gasteiger partial charge in [-0.3, -0.25) is 14.0 Å². The summed E-state index contributed by atoms with van der Waals surface area (Å²) in [5.41, 5.74) is 2.41. The van der Waals surface area contributed by atoms with E-state index in [1.165, 1.54) is 17.7 Å². The van der Waals surface area contributed by atoms with Gasteiger partial charge in [0.2, 0.25) is 0 Å². The standard InChI is InChI=1S/C29H35N3O5/c1-4-5-6-9-19-37-22-14-12-21(13-15-22)26-24(28(34)29(35)32(26)17-10-18-36-3)27(33)25-20(2)30-23-11-7-8-16-31(23)25/h7-8,11-16,26,33H,4-6,9-10,17-19H2,1-3H3. The van der Waals surface area contributed by atoms with Crippen molar-refractivity contribution in [2.75, 3.05) is 26.9 Å². The Morgan fingerprint density at radius 1 is 1.03 bits per heavy atom. The van der Waals surface area contributed by atoms with Crippen LogP contribution in [0.3, 0.4) is 0 Å². The third-order valence-corrected chi connectivity index (χ3v) is 6.68. The van der Waals surface area contributed by atoms with Crippen molar-refractivity contribution in [3.8, 4) is 5.75 Å². The smallest absolute Gasteiger partial charge is 0.295 e. The Kier molecular flexibility index (Phi) is 8.61. The van der Waals surface area contributed by atoms with Crippen LogP contribution < -0.4 is 4.74 Å². The number of aryl methyl sites for hydroxylation is 1. The van der Waals surface area contributed by atoms with Crippen molar-refractivity contribution in [1.82, 2.24) is 14.3 Å². The van der Waals surface area contributed by atoms with Gasteiger partial charge >= 0.3 is 0 Å². The summed E-state index contributed by atoms with van der Waals surface area (Å²) in [6, 6.07) is 12.2. The van der Waals surface area contributed by atoms with Crippen LogP contribution in [0.25, 0.3) is 11.4 Å². The molecule has 3 aromatic rings. The topological polar surface area (TPSA) is 93.4 Å². The largest absolute Gasteiger partial charge is 0.505 e. The number of aromatic nitrogens is 2. The number of rotatable bonds is 12. The lowest BCUT2D eigenvalue weighted by atomic mass is 9.96. The maximum atomic E-state index is 13.3. The number of amides is 1. The molecule has 3 heterocycles. The number of carbonyl (C=O) groups is 2. The van der Waals surface area contributed by atoms with Gasteiger partial charge in [-0.2, -0.15) is 0 Å². The number of aliphatic hydroxyl groups is 1. The number of hydrogen-bond donors (Lipinski definition) is 1. The van der Waals surface area contributed by atoms with Crippen molar-refractivity contribution >= 4 is 23.1 Å². The Hall–Kier alpha value is -3.65. The van der Waals surface area contributed by atoms with Gasteiger partial charge in [0.05, 0.1) is 23.9 Å². The number of pyridine rings is 1. The molecule has 1 unspecified atom stereocenters. The van der Waals surface area contributed by atoms with Crippen molar-refractivity contribution < 1.29 is 24.2 Å². The second-order valence-electron chi connectivity index (χ2n) is 9.29. The molecule has 1 aliphatic heterocycles. The number of ether oxygens (including phenoxy) is 2. The molecule has 1 aromatic carbocycles. The fourth-order valence-electron chi connectivity index (χ4n) is 4.83. The summed E-state index contributed by atoms with van der Waals surface area (Å²) >= 11 is 0. The van der Waals surface area contributed by atoms with Gasteiger partial charge in [0.15, 0.2) is 5.76 Å². The van der Waals surface area contributed by atoms with E-state index in [1.807, 2.05) is 42.5 Å². The summed E-state index contributed by atoms with van der Waals surface area (Å²) in [7, 11) is 1.60. The Morgan fingerprint density at radius 3 is 2.54 bits per heavy atom. The molecule has 37 heavy (non-hydrogen) atoms. The van der Waals surface area contributed by atoms with Crippen LogP contribution in [0.15, 0.2) is 54.2 Å². The number of fused-ring (bicyclic) bond motifs is 1. The molecule has 1 atom stereocenters. The fourth-order valence-corrected chi connectivity index (χ4v) is 4.83. The Morgan fingerprint density at radius 2 is 1.81 bits per heavy atom. The summed E-state index contributed by atoms with van der Waals surface area (Å²) in [6.45, 7) is 5.36. The molecule has 0 radical (unpaired) electrons. The molecule has 2 aromatic heterocycles. The van der Waals surface area contributed by atoms with E-state index in [2.05, 4.69) is 11.9 Å². The zero-order valence-electron chi connectivity index (χ0n) is 21.8. The molecule has 1 N–H and O–H groups in total. The van der Waals surface area contributed by atoms with Gasteiger partial charge in [0, 0.05) is 26.5 Å². The van der Waals surface area contributed by atoms with Crippen LogP contribution in [0.4, 0.5) is 0 Å². The minimum atomic E-state index is -0.732. The van der Waals surface area contributed by atoms with Crippen LogP contribution in [0, 0.1) is 6.92 Å². The third kappa shape index (κ3) is 5.54. The Balaban J connectivity index is 1.71. The maximum Gasteiger partial charge on any atom is 0.295 e. The summed E-state index contributed by atoms with van der Waals surface area (Å²) in [5.74, 6) is -0.842. The number of ketones is 1. The summed E-state index contributed by atoms with van der Waals surface area (Å²) in [5, 5.41) is 11.5. The first-order valence-electron chi connectivity index (χ1n) is 12.9.